The number of aromatic nitrogens is 2. The lowest BCUT2D eigenvalue weighted by atomic mass is 9.85. The first-order valence-corrected chi connectivity index (χ1v) is 9.55. The highest BCUT2D eigenvalue weighted by molar-refractivity contribution is 5.90. The van der Waals surface area contributed by atoms with Gasteiger partial charge in [0.25, 0.3) is 0 Å². The van der Waals surface area contributed by atoms with Crippen LogP contribution in [0.2, 0.25) is 0 Å². The molecule has 26 heavy (non-hydrogen) atoms. The van der Waals surface area contributed by atoms with Crippen LogP contribution in [0.15, 0.2) is 36.8 Å². The molecule has 0 unspecified atom stereocenters. The van der Waals surface area contributed by atoms with Gasteiger partial charge in [-0.25, -0.2) is 4.79 Å². The number of carbonyl (C=O) groups is 1. The van der Waals surface area contributed by atoms with E-state index in [1.54, 1.807) is 18.6 Å². The summed E-state index contributed by atoms with van der Waals surface area (Å²) in [5, 5.41) is 3.46. The first-order valence-electron chi connectivity index (χ1n) is 9.55. The summed E-state index contributed by atoms with van der Waals surface area (Å²) in [7, 11) is 0. The molecule has 1 N–H and O–H groups in total. The first kappa shape index (κ1) is 18.4. The van der Waals surface area contributed by atoms with E-state index in [0.29, 0.717) is 24.6 Å². The maximum Gasteiger partial charge on any atom is 0.339 e. The van der Waals surface area contributed by atoms with Gasteiger partial charge >= 0.3 is 5.97 Å². The molecule has 1 fully saturated rings. The van der Waals surface area contributed by atoms with Crippen LogP contribution < -0.4 is 5.32 Å². The van der Waals surface area contributed by atoms with E-state index in [-0.39, 0.29) is 5.97 Å². The lowest BCUT2D eigenvalue weighted by molar-refractivity contribution is 0.0526. The highest BCUT2D eigenvalue weighted by atomic mass is 16.5. The van der Waals surface area contributed by atoms with Gasteiger partial charge < -0.3 is 10.1 Å². The third-order valence-electron chi connectivity index (χ3n) is 4.92. The van der Waals surface area contributed by atoms with E-state index >= 15 is 0 Å². The van der Waals surface area contributed by atoms with E-state index in [2.05, 4.69) is 15.3 Å². The lowest BCUT2D eigenvalue weighted by Gasteiger charge is -2.22. The smallest absolute Gasteiger partial charge is 0.339 e. The maximum absolute atomic E-state index is 12.1. The van der Waals surface area contributed by atoms with Gasteiger partial charge in [-0.2, -0.15) is 0 Å². The summed E-state index contributed by atoms with van der Waals surface area (Å²) in [5.41, 5.74) is 3.61. The Morgan fingerprint density at radius 1 is 1.23 bits per heavy atom. The van der Waals surface area contributed by atoms with Crippen LogP contribution in [0.4, 0.5) is 5.69 Å². The average molecular weight is 353 g/mol. The number of ether oxygens (including phenoxy) is 1. The van der Waals surface area contributed by atoms with Crippen molar-refractivity contribution in [2.75, 3.05) is 11.9 Å². The number of rotatable bonds is 7. The highest BCUT2D eigenvalue weighted by Gasteiger charge is 2.18. The van der Waals surface area contributed by atoms with Crippen LogP contribution in [-0.2, 0) is 17.7 Å². The molecule has 5 heteroatoms. The summed E-state index contributed by atoms with van der Waals surface area (Å²) in [6.07, 6.45) is 12.7. The predicted octanol–water partition coefficient (Wildman–Crippen LogP) is 4.39. The summed E-state index contributed by atoms with van der Waals surface area (Å²) in [6.45, 7) is 2.85. The largest absolute Gasteiger partial charge is 0.462 e. The normalized spacial score (nSPS) is 14.8. The molecular formula is C21H27N3O2. The molecule has 138 valence electrons. The number of pyridine rings is 2. The van der Waals surface area contributed by atoms with Crippen LogP contribution in [0.5, 0.6) is 0 Å². The van der Waals surface area contributed by atoms with E-state index < -0.39 is 0 Å². The summed E-state index contributed by atoms with van der Waals surface area (Å²) in [6, 6.07) is 5.84. The summed E-state index contributed by atoms with van der Waals surface area (Å²) in [5.74, 6) is 0.363. The number of hydrogen-bond acceptors (Lipinski definition) is 5. The molecule has 3 rings (SSSR count). The molecule has 0 atom stereocenters. The highest BCUT2D eigenvalue weighted by Crippen LogP contribution is 2.29. The number of nitrogens with one attached hydrogen (secondary N) is 1. The Balaban J connectivity index is 1.78. The quantitative estimate of drug-likeness (QED) is 0.748. The Morgan fingerprint density at radius 3 is 2.73 bits per heavy atom. The molecule has 0 spiro atoms. The van der Waals surface area contributed by atoms with Crippen molar-refractivity contribution in [3.8, 4) is 0 Å². The molecule has 1 saturated carbocycles. The van der Waals surface area contributed by atoms with E-state index in [0.717, 1.165) is 23.4 Å². The minimum atomic E-state index is -0.323. The molecule has 1 aliphatic carbocycles. The van der Waals surface area contributed by atoms with Gasteiger partial charge in [0.15, 0.2) is 0 Å². The maximum atomic E-state index is 12.1. The van der Waals surface area contributed by atoms with Crippen molar-refractivity contribution in [3.05, 3.63) is 53.6 Å². The number of hydrogen-bond donors (Lipinski definition) is 1. The average Bonchev–Trinajstić information content (AvgIpc) is 2.69. The van der Waals surface area contributed by atoms with Gasteiger partial charge in [0.05, 0.1) is 23.6 Å². The van der Waals surface area contributed by atoms with Crippen molar-refractivity contribution in [1.29, 1.82) is 0 Å². The third-order valence-corrected chi connectivity index (χ3v) is 4.92. The molecule has 2 heterocycles. The molecule has 5 nitrogen and oxygen atoms in total. The Labute approximate surface area is 155 Å². The van der Waals surface area contributed by atoms with Crippen molar-refractivity contribution in [2.45, 2.75) is 52.0 Å². The zero-order valence-corrected chi connectivity index (χ0v) is 15.4. The van der Waals surface area contributed by atoms with Crippen LogP contribution in [-0.4, -0.2) is 22.5 Å². The first-order chi connectivity index (χ1) is 12.8. The Kier molecular flexibility index (Phi) is 6.58. The second-order valence-corrected chi connectivity index (χ2v) is 6.86. The van der Waals surface area contributed by atoms with Crippen LogP contribution in [0.1, 0.15) is 60.6 Å². The lowest BCUT2D eigenvalue weighted by Crippen LogP contribution is -2.14. The topological polar surface area (TPSA) is 64.1 Å². The van der Waals surface area contributed by atoms with Gasteiger partial charge in [0, 0.05) is 25.1 Å². The number of esters is 1. The van der Waals surface area contributed by atoms with Gasteiger partial charge in [-0.3, -0.25) is 9.97 Å². The van der Waals surface area contributed by atoms with Gasteiger partial charge in [-0.15, -0.1) is 0 Å². The summed E-state index contributed by atoms with van der Waals surface area (Å²) < 4.78 is 5.12. The molecule has 2 aromatic heterocycles. The fourth-order valence-electron chi connectivity index (χ4n) is 3.50. The zero-order valence-electron chi connectivity index (χ0n) is 15.4. The van der Waals surface area contributed by atoms with Crippen LogP contribution in [0.25, 0.3) is 0 Å². The Hall–Kier alpha value is -2.43. The van der Waals surface area contributed by atoms with E-state index in [1.165, 1.54) is 32.1 Å². The molecule has 0 amide bonds. The SMILES string of the molecule is CCOC(=O)c1cnc(CC2CCCCC2)c(NCc2ccncc2)c1. The van der Waals surface area contributed by atoms with Gasteiger partial charge in [-0.05, 0) is 43.0 Å². The minimum Gasteiger partial charge on any atom is -0.462 e. The van der Waals surface area contributed by atoms with E-state index in [1.807, 2.05) is 25.1 Å². The van der Waals surface area contributed by atoms with Crippen LogP contribution in [0.3, 0.4) is 0 Å². The van der Waals surface area contributed by atoms with Crippen LogP contribution in [0, 0.1) is 5.92 Å². The minimum absolute atomic E-state index is 0.323. The molecule has 1 aliphatic rings. The van der Waals surface area contributed by atoms with Crippen molar-refractivity contribution < 1.29 is 9.53 Å². The van der Waals surface area contributed by atoms with Crippen molar-refractivity contribution in [2.24, 2.45) is 5.92 Å². The molecule has 2 aromatic rings. The summed E-state index contributed by atoms with van der Waals surface area (Å²) >= 11 is 0. The predicted molar refractivity (Wildman–Crippen MR) is 102 cm³/mol. The molecule has 0 radical (unpaired) electrons. The van der Waals surface area contributed by atoms with E-state index in [9.17, 15) is 4.79 Å². The van der Waals surface area contributed by atoms with Crippen molar-refractivity contribution in [3.63, 3.8) is 0 Å². The fraction of sp³-hybridized carbons (Fsp3) is 0.476. The van der Waals surface area contributed by atoms with Gasteiger partial charge in [0.2, 0.25) is 0 Å². The Bertz CT molecular complexity index is 712. The second kappa shape index (κ2) is 9.32. The van der Waals surface area contributed by atoms with E-state index in [4.69, 9.17) is 4.74 Å². The van der Waals surface area contributed by atoms with Gasteiger partial charge in [-0.1, -0.05) is 32.1 Å². The second-order valence-electron chi connectivity index (χ2n) is 6.86. The molecule has 0 bridgehead atoms. The fourth-order valence-corrected chi connectivity index (χ4v) is 3.50. The molecular weight excluding hydrogens is 326 g/mol. The number of anilines is 1. The van der Waals surface area contributed by atoms with Gasteiger partial charge in [0.1, 0.15) is 0 Å². The van der Waals surface area contributed by atoms with Crippen LogP contribution >= 0.6 is 0 Å². The Morgan fingerprint density at radius 2 is 2.00 bits per heavy atom. The number of nitrogens with zero attached hydrogens (tertiary/aromatic N) is 2. The standard InChI is InChI=1S/C21H27N3O2/c1-2-26-21(25)18-13-20(23-14-17-8-10-22-11-9-17)19(24-15-18)12-16-6-4-3-5-7-16/h8-11,13,15-16,23H,2-7,12,14H2,1H3. The van der Waals surface area contributed by atoms with Crippen molar-refractivity contribution >= 4 is 11.7 Å². The molecule has 0 aliphatic heterocycles. The number of carbonyl (C=O) groups excluding carboxylic acids is 1. The molecule has 0 aromatic carbocycles. The monoisotopic (exact) mass is 353 g/mol. The van der Waals surface area contributed by atoms with Crippen molar-refractivity contribution in [1.82, 2.24) is 9.97 Å². The summed E-state index contributed by atoms with van der Waals surface area (Å²) in [4.78, 5) is 20.7. The zero-order chi connectivity index (χ0) is 18.2. The third kappa shape index (κ3) is 5.04. The molecule has 0 saturated heterocycles.